The van der Waals surface area contributed by atoms with Crippen molar-refractivity contribution in [1.29, 1.82) is 0 Å². The molecule has 1 heterocycles. The Kier molecular flexibility index (Phi) is 5.93. The van der Waals surface area contributed by atoms with E-state index >= 15 is 0 Å². The lowest BCUT2D eigenvalue weighted by Crippen LogP contribution is -2.46. The third-order valence-electron chi connectivity index (χ3n) is 3.39. The summed E-state index contributed by atoms with van der Waals surface area (Å²) in [4.78, 5) is 26.7. The molecular weight excluding hydrogens is 270 g/mol. The van der Waals surface area contributed by atoms with Crippen LogP contribution in [0.5, 0.6) is 0 Å². The minimum atomic E-state index is -0.874. The van der Waals surface area contributed by atoms with E-state index in [1.165, 1.54) is 0 Å². The number of carboxylic acids is 1. The van der Waals surface area contributed by atoms with Gasteiger partial charge in [-0.15, -0.1) is 0 Å². The largest absolute Gasteiger partial charge is 0.481 e. The van der Waals surface area contributed by atoms with Gasteiger partial charge in [-0.25, -0.2) is 4.98 Å². The van der Waals surface area contributed by atoms with Crippen LogP contribution in [0.2, 0.25) is 0 Å². The Labute approximate surface area is 125 Å². The number of carboxylic acid groups (broad SMARTS) is 1. The summed E-state index contributed by atoms with van der Waals surface area (Å²) in [5.74, 6) is -1.15. The van der Waals surface area contributed by atoms with Crippen LogP contribution >= 0.6 is 0 Å². The highest BCUT2D eigenvalue weighted by Gasteiger charge is 2.27. The van der Waals surface area contributed by atoms with Crippen molar-refractivity contribution in [3.63, 3.8) is 0 Å². The molecule has 0 aliphatic rings. The van der Waals surface area contributed by atoms with Crippen molar-refractivity contribution in [3.8, 4) is 0 Å². The molecule has 2 atom stereocenters. The van der Waals surface area contributed by atoms with Crippen LogP contribution in [0.4, 0.5) is 0 Å². The zero-order valence-electron chi connectivity index (χ0n) is 13.2. The molecule has 2 N–H and O–H groups in total. The fraction of sp³-hybridized carbons (Fsp3) is 0.667. The minimum Gasteiger partial charge on any atom is -0.481 e. The number of aliphatic carboxylic acids is 1. The standard InChI is InChI=1S/C15H25N3O3/c1-11(8-14(20)21)7-13(19)17-12(15(2,3)4)9-18-6-5-16-10-18/h5-6,10-12H,7-9H2,1-4H3,(H,17,19)(H,20,21). The molecule has 0 radical (unpaired) electrons. The van der Waals surface area contributed by atoms with E-state index in [-0.39, 0.29) is 36.1 Å². The van der Waals surface area contributed by atoms with Crippen LogP contribution in [-0.4, -0.2) is 32.6 Å². The fourth-order valence-corrected chi connectivity index (χ4v) is 2.08. The lowest BCUT2D eigenvalue weighted by atomic mass is 9.86. The predicted octanol–water partition coefficient (Wildman–Crippen LogP) is 1.91. The van der Waals surface area contributed by atoms with E-state index in [0.717, 1.165) is 0 Å². The Hall–Kier alpha value is -1.85. The van der Waals surface area contributed by atoms with Crippen LogP contribution in [0, 0.1) is 11.3 Å². The van der Waals surface area contributed by atoms with Gasteiger partial charge in [0.05, 0.1) is 12.4 Å². The van der Waals surface area contributed by atoms with Crippen LogP contribution < -0.4 is 5.32 Å². The van der Waals surface area contributed by atoms with Gasteiger partial charge in [-0.05, 0) is 11.3 Å². The predicted molar refractivity (Wildman–Crippen MR) is 79.6 cm³/mol. The number of aromatic nitrogens is 2. The van der Waals surface area contributed by atoms with Crippen LogP contribution in [0.1, 0.15) is 40.5 Å². The number of carbonyl (C=O) groups is 2. The van der Waals surface area contributed by atoms with E-state index in [1.54, 1.807) is 19.4 Å². The molecule has 0 spiro atoms. The molecule has 0 fully saturated rings. The maximum atomic E-state index is 12.1. The van der Waals surface area contributed by atoms with Crippen molar-refractivity contribution in [1.82, 2.24) is 14.9 Å². The Balaban J connectivity index is 2.60. The number of carbonyl (C=O) groups excluding carboxylic acids is 1. The monoisotopic (exact) mass is 295 g/mol. The molecule has 0 saturated heterocycles. The second-order valence-electron chi connectivity index (χ2n) is 6.65. The third-order valence-corrected chi connectivity index (χ3v) is 3.39. The van der Waals surface area contributed by atoms with Crippen molar-refractivity contribution in [2.24, 2.45) is 11.3 Å². The molecule has 2 unspecified atom stereocenters. The van der Waals surface area contributed by atoms with Gasteiger partial charge in [-0.1, -0.05) is 27.7 Å². The molecule has 0 aliphatic heterocycles. The van der Waals surface area contributed by atoms with Crippen molar-refractivity contribution in [3.05, 3.63) is 18.7 Å². The normalized spacial score (nSPS) is 14.5. The summed E-state index contributed by atoms with van der Waals surface area (Å²) >= 11 is 0. The van der Waals surface area contributed by atoms with Gasteiger partial charge in [-0.2, -0.15) is 0 Å². The summed E-state index contributed by atoms with van der Waals surface area (Å²) in [5.41, 5.74) is -0.101. The van der Waals surface area contributed by atoms with Crippen molar-refractivity contribution in [2.45, 2.75) is 53.1 Å². The van der Waals surface area contributed by atoms with Crippen LogP contribution in [0.25, 0.3) is 0 Å². The van der Waals surface area contributed by atoms with Gasteiger partial charge in [0.1, 0.15) is 0 Å². The Morgan fingerprint density at radius 3 is 2.48 bits per heavy atom. The van der Waals surface area contributed by atoms with E-state index in [1.807, 2.05) is 10.8 Å². The molecule has 21 heavy (non-hydrogen) atoms. The van der Waals surface area contributed by atoms with E-state index in [2.05, 4.69) is 31.1 Å². The van der Waals surface area contributed by atoms with Crippen LogP contribution in [0.15, 0.2) is 18.7 Å². The highest BCUT2D eigenvalue weighted by molar-refractivity contribution is 5.77. The Morgan fingerprint density at radius 1 is 1.33 bits per heavy atom. The molecule has 0 saturated carbocycles. The highest BCUT2D eigenvalue weighted by Crippen LogP contribution is 2.21. The maximum absolute atomic E-state index is 12.1. The first-order valence-electron chi connectivity index (χ1n) is 7.15. The summed E-state index contributed by atoms with van der Waals surface area (Å²) < 4.78 is 1.93. The lowest BCUT2D eigenvalue weighted by Gasteiger charge is -2.32. The van der Waals surface area contributed by atoms with E-state index in [4.69, 9.17) is 5.11 Å². The number of hydrogen-bond donors (Lipinski definition) is 2. The van der Waals surface area contributed by atoms with Crippen molar-refractivity contribution in [2.75, 3.05) is 0 Å². The number of nitrogens with one attached hydrogen (secondary N) is 1. The maximum Gasteiger partial charge on any atom is 0.303 e. The molecule has 0 aromatic carbocycles. The molecular formula is C15H25N3O3. The van der Waals surface area contributed by atoms with Gasteiger partial charge in [0, 0.05) is 31.8 Å². The molecule has 0 bridgehead atoms. The van der Waals surface area contributed by atoms with Crippen molar-refractivity contribution >= 4 is 11.9 Å². The zero-order chi connectivity index (χ0) is 16.0. The smallest absolute Gasteiger partial charge is 0.303 e. The molecule has 118 valence electrons. The molecule has 1 aromatic heterocycles. The average molecular weight is 295 g/mol. The fourth-order valence-electron chi connectivity index (χ4n) is 2.08. The number of imidazole rings is 1. The second-order valence-corrected chi connectivity index (χ2v) is 6.65. The number of hydrogen-bond acceptors (Lipinski definition) is 3. The average Bonchev–Trinajstić information content (AvgIpc) is 2.78. The van der Waals surface area contributed by atoms with Gasteiger partial charge >= 0.3 is 5.97 Å². The second kappa shape index (κ2) is 7.24. The van der Waals surface area contributed by atoms with Gasteiger partial charge in [0.15, 0.2) is 0 Å². The summed E-state index contributed by atoms with van der Waals surface area (Å²) in [7, 11) is 0. The molecule has 6 nitrogen and oxygen atoms in total. The quantitative estimate of drug-likeness (QED) is 0.805. The van der Waals surface area contributed by atoms with Gasteiger partial charge < -0.3 is 15.0 Å². The third kappa shape index (κ3) is 6.42. The number of amides is 1. The summed E-state index contributed by atoms with van der Waals surface area (Å²) in [6.45, 7) is 8.61. The van der Waals surface area contributed by atoms with Crippen LogP contribution in [-0.2, 0) is 16.1 Å². The minimum absolute atomic E-state index is 0.00905. The summed E-state index contributed by atoms with van der Waals surface area (Å²) in [6, 6.07) is -0.0452. The first kappa shape index (κ1) is 17.2. The van der Waals surface area contributed by atoms with Crippen molar-refractivity contribution < 1.29 is 14.7 Å². The SMILES string of the molecule is CC(CC(=O)O)CC(=O)NC(Cn1ccnc1)C(C)(C)C. The molecule has 1 aromatic rings. The topological polar surface area (TPSA) is 84.2 Å². The van der Waals surface area contributed by atoms with E-state index < -0.39 is 5.97 Å². The van der Waals surface area contributed by atoms with Gasteiger partial charge in [0.25, 0.3) is 0 Å². The lowest BCUT2D eigenvalue weighted by molar-refractivity contribution is -0.138. The summed E-state index contributed by atoms with van der Waals surface area (Å²) in [5, 5.41) is 11.8. The van der Waals surface area contributed by atoms with E-state index in [0.29, 0.717) is 6.54 Å². The Bertz CT molecular complexity index is 463. The van der Waals surface area contributed by atoms with Gasteiger partial charge in [-0.3, -0.25) is 9.59 Å². The Morgan fingerprint density at radius 2 is 2.00 bits per heavy atom. The van der Waals surface area contributed by atoms with E-state index in [9.17, 15) is 9.59 Å². The first-order chi connectivity index (χ1) is 9.68. The molecule has 1 rings (SSSR count). The highest BCUT2D eigenvalue weighted by atomic mass is 16.4. The summed E-state index contributed by atoms with van der Waals surface area (Å²) in [6.07, 6.45) is 5.52. The molecule has 1 amide bonds. The van der Waals surface area contributed by atoms with Gasteiger partial charge in [0.2, 0.25) is 5.91 Å². The molecule has 0 aliphatic carbocycles. The van der Waals surface area contributed by atoms with Crippen LogP contribution in [0.3, 0.4) is 0 Å². The zero-order valence-corrected chi connectivity index (χ0v) is 13.2. The first-order valence-corrected chi connectivity index (χ1v) is 7.15. The number of rotatable bonds is 7. The molecule has 6 heteroatoms. The number of nitrogens with zero attached hydrogens (tertiary/aromatic N) is 2.